The zero-order valence-corrected chi connectivity index (χ0v) is 6.05. The van der Waals surface area contributed by atoms with Crippen molar-refractivity contribution in [1.29, 1.82) is 0 Å². The van der Waals surface area contributed by atoms with Gasteiger partial charge in [-0.2, -0.15) is 0 Å². The van der Waals surface area contributed by atoms with E-state index >= 15 is 0 Å². The van der Waals surface area contributed by atoms with Crippen LogP contribution in [-0.4, -0.2) is 5.16 Å². The molecule has 2 nitrogen and oxygen atoms in total. The summed E-state index contributed by atoms with van der Waals surface area (Å²) in [6, 6.07) is 1.83. The van der Waals surface area contributed by atoms with Crippen LogP contribution in [0.1, 0.15) is 17.5 Å². The highest BCUT2D eigenvalue weighted by Crippen LogP contribution is 2.19. The molecule has 1 unspecified atom stereocenters. The molecular weight excluding hydrogens is 170 g/mol. The lowest BCUT2D eigenvalue weighted by molar-refractivity contribution is 0.386. The summed E-state index contributed by atoms with van der Waals surface area (Å²) < 4.78 is 4.80. The minimum absolute atomic E-state index is 0.269. The summed E-state index contributed by atoms with van der Waals surface area (Å²) in [4.78, 5) is 0.269. The van der Waals surface area contributed by atoms with Crippen LogP contribution in [0.3, 0.4) is 0 Å². The fraction of sp³-hybridized carbons (Fsp3) is 0.400. The van der Waals surface area contributed by atoms with Gasteiger partial charge in [-0.05, 0) is 6.92 Å². The number of hydrogen-bond donors (Lipinski definition) is 0. The third-order valence-corrected chi connectivity index (χ3v) is 1.30. The van der Waals surface area contributed by atoms with Crippen LogP contribution in [-0.2, 0) is 0 Å². The van der Waals surface area contributed by atoms with E-state index in [0.717, 1.165) is 5.76 Å². The van der Waals surface area contributed by atoms with Crippen molar-refractivity contribution in [2.24, 2.45) is 0 Å². The summed E-state index contributed by atoms with van der Waals surface area (Å²) >= 11 is 3.33. The van der Waals surface area contributed by atoms with Crippen LogP contribution in [0.5, 0.6) is 0 Å². The van der Waals surface area contributed by atoms with Crippen molar-refractivity contribution in [3.8, 4) is 0 Å². The van der Waals surface area contributed by atoms with Gasteiger partial charge < -0.3 is 4.52 Å². The molecule has 0 aliphatic heterocycles. The quantitative estimate of drug-likeness (QED) is 0.612. The summed E-state index contributed by atoms with van der Waals surface area (Å²) in [5.41, 5.74) is 0. The fourth-order valence-corrected chi connectivity index (χ4v) is 0.667. The third-order valence-electron chi connectivity index (χ3n) is 0.850. The van der Waals surface area contributed by atoms with Crippen LogP contribution in [0, 0.1) is 0 Å². The van der Waals surface area contributed by atoms with Crippen molar-refractivity contribution < 1.29 is 4.52 Å². The molecule has 0 radical (unpaired) electrons. The number of rotatable bonds is 1. The summed E-state index contributed by atoms with van der Waals surface area (Å²) in [7, 11) is 0. The summed E-state index contributed by atoms with van der Waals surface area (Å²) in [5.74, 6) is 0.866. The first kappa shape index (κ1) is 5.82. The van der Waals surface area contributed by atoms with E-state index in [2.05, 4.69) is 21.1 Å². The molecule has 0 saturated carbocycles. The molecule has 0 bridgehead atoms. The van der Waals surface area contributed by atoms with Gasteiger partial charge in [-0.15, -0.1) is 0 Å². The average molecular weight is 176 g/mol. The highest BCUT2D eigenvalue weighted by molar-refractivity contribution is 9.09. The minimum Gasteiger partial charge on any atom is -0.360 e. The lowest BCUT2D eigenvalue weighted by Crippen LogP contribution is -1.74. The van der Waals surface area contributed by atoms with Crippen molar-refractivity contribution in [2.75, 3.05) is 0 Å². The monoisotopic (exact) mass is 175 g/mol. The third kappa shape index (κ3) is 1.10. The molecule has 44 valence electrons. The molecule has 0 fully saturated rings. The van der Waals surface area contributed by atoms with Crippen LogP contribution >= 0.6 is 15.9 Å². The lowest BCUT2D eigenvalue weighted by atomic mass is 10.4. The molecule has 0 aliphatic rings. The predicted octanol–water partition coefficient (Wildman–Crippen LogP) is 2.13. The first-order valence-electron chi connectivity index (χ1n) is 2.35. The van der Waals surface area contributed by atoms with Gasteiger partial charge in [0.1, 0.15) is 5.76 Å². The summed E-state index contributed by atoms with van der Waals surface area (Å²) in [6.07, 6.45) is 1.63. The zero-order valence-electron chi connectivity index (χ0n) is 4.47. The Morgan fingerprint density at radius 3 is 2.88 bits per heavy atom. The second-order valence-electron chi connectivity index (χ2n) is 1.53. The lowest BCUT2D eigenvalue weighted by Gasteiger charge is -1.90. The van der Waals surface area contributed by atoms with Crippen LogP contribution in [0.2, 0.25) is 0 Å². The topological polar surface area (TPSA) is 26.0 Å². The number of nitrogens with zero attached hydrogens (tertiary/aromatic N) is 1. The predicted molar refractivity (Wildman–Crippen MR) is 33.8 cm³/mol. The first-order chi connectivity index (χ1) is 3.80. The maximum absolute atomic E-state index is 4.80. The maximum Gasteiger partial charge on any atom is 0.150 e. The highest BCUT2D eigenvalue weighted by atomic mass is 79.9. The molecule has 3 heteroatoms. The van der Waals surface area contributed by atoms with E-state index in [0.29, 0.717) is 0 Å². The van der Waals surface area contributed by atoms with Crippen molar-refractivity contribution >= 4 is 15.9 Å². The smallest absolute Gasteiger partial charge is 0.150 e. The Bertz CT molecular complexity index is 147. The van der Waals surface area contributed by atoms with Crippen LogP contribution in [0.25, 0.3) is 0 Å². The fourth-order valence-electron chi connectivity index (χ4n) is 0.431. The van der Waals surface area contributed by atoms with Crippen molar-refractivity contribution in [1.82, 2.24) is 5.16 Å². The van der Waals surface area contributed by atoms with Gasteiger partial charge in [-0.3, -0.25) is 0 Å². The Labute approximate surface area is 56.0 Å². The molecule has 8 heavy (non-hydrogen) atoms. The number of halogens is 1. The van der Waals surface area contributed by atoms with Crippen LogP contribution in [0.15, 0.2) is 16.8 Å². The average Bonchev–Trinajstić information content (AvgIpc) is 2.12. The minimum atomic E-state index is 0.269. The van der Waals surface area contributed by atoms with Crippen molar-refractivity contribution in [3.63, 3.8) is 0 Å². The largest absolute Gasteiger partial charge is 0.360 e. The first-order valence-corrected chi connectivity index (χ1v) is 3.27. The summed E-state index contributed by atoms with van der Waals surface area (Å²) in [5, 5.41) is 3.54. The molecule has 0 aliphatic carbocycles. The van der Waals surface area contributed by atoms with Gasteiger partial charge >= 0.3 is 0 Å². The van der Waals surface area contributed by atoms with Gasteiger partial charge in [0.25, 0.3) is 0 Å². The standard InChI is InChI=1S/C5H6BrNO/c1-4(6)5-2-3-7-8-5/h2-4H,1H3. The van der Waals surface area contributed by atoms with E-state index < -0.39 is 0 Å². The summed E-state index contributed by atoms with van der Waals surface area (Å²) in [6.45, 7) is 1.99. The Hall–Kier alpha value is -0.310. The Balaban J connectivity index is 2.77. The van der Waals surface area contributed by atoms with E-state index in [1.807, 2.05) is 13.0 Å². The number of aromatic nitrogens is 1. The number of hydrogen-bond acceptors (Lipinski definition) is 2. The Morgan fingerprint density at radius 2 is 2.62 bits per heavy atom. The molecule has 0 amide bonds. The Morgan fingerprint density at radius 1 is 1.88 bits per heavy atom. The van der Waals surface area contributed by atoms with E-state index in [1.54, 1.807) is 6.20 Å². The maximum atomic E-state index is 4.80. The normalized spacial score (nSPS) is 13.8. The molecule has 0 N–H and O–H groups in total. The Kier molecular flexibility index (Phi) is 1.68. The molecule has 1 heterocycles. The second kappa shape index (κ2) is 2.31. The van der Waals surface area contributed by atoms with Crippen LogP contribution in [0.4, 0.5) is 0 Å². The highest BCUT2D eigenvalue weighted by Gasteiger charge is 2.01. The van der Waals surface area contributed by atoms with E-state index in [9.17, 15) is 0 Å². The van der Waals surface area contributed by atoms with Gasteiger partial charge in [-0.1, -0.05) is 21.1 Å². The van der Waals surface area contributed by atoms with Crippen LogP contribution < -0.4 is 0 Å². The molecule has 1 aromatic heterocycles. The van der Waals surface area contributed by atoms with Crippen molar-refractivity contribution in [2.45, 2.75) is 11.8 Å². The van der Waals surface area contributed by atoms with Gasteiger partial charge in [-0.25, -0.2) is 0 Å². The van der Waals surface area contributed by atoms with E-state index in [-0.39, 0.29) is 4.83 Å². The van der Waals surface area contributed by atoms with Gasteiger partial charge in [0.2, 0.25) is 0 Å². The molecule has 1 atom stereocenters. The van der Waals surface area contributed by atoms with Gasteiger partial charge in [0.05, 0.1) is 11.0 Å². The molecule has 0 saturated heterocycles. The van der Waals surface area contributed by atoms with Gasteiger partial charge in [0, 0.05) is 6.07 Å². The van der Waals surface area contributed by atoms with E-state index in [1.165, 1.54) is 0 Å². The molecule has 1 aromatic rings. The molecule has 0 spiro atoms. The van der Waals surface area contributed by atoms with E-state index in [4.69, 9.17) is 4.52 Å². The van der Waals surface area contributed by atoms with Crippen molar-refractivity contribution in [3.05, 3.63) is 18.0 Å². The van der Waals surface area contributed by atoms with Gasteiger partial charge in [0.15, 0.2) is 0 Å². The molecule has 1 rings (SSSR count). The molecular formula is C5H6BrNO. The SMILES string of the molecule is CC(Br)c1ccno1. The molecule has 0 aromatic carbocycles. The second-order valence-corrected chi connectivity index (χ2v) is 2.90. The number of alkyl halides is 1. The zero-order chi connectivity index (χ0) is 5.98.